The number of halogens is 4. The smallest absolute Gasteiger partial charge is 0.393 e. The number of aromatic carboxylic acids is 1. The van der Waals surface area contributed by atoms with E-state index in [4.69, 9.17) is 10.8 Å². The predicted molar refractivity (Wildman–Crippen MR) is 60.3 cm³/mol. The summed E-state index contributed by atoms with van der Waals surface area (Å²) >= 11 is 1.66. The van der Waals surface area contributed by atoms with Crippen molar-refractivity contribution in [3.8, 4) is 0 Å². The number of alkyl halides is 3. The Balaban J connectivity index is 3.16. The van der Waals surface area contributed by atoms with Crippen LogP contribution in [0.5, 0.6) is 0 Å². The summed E-state index contributed by atoms with van der Waals surface area (Å²) in [4.78, 5) is 10.7. The summed E-state index contributed by atoms with van der Waals surface area (Å²) in [7, 11) is 0. The van der Waals surface area contributed by atoms with Crippen molar-refractivity contribution in [2.45, 2.75) is 12.6 Å². The summed E-state index contributed by atoms with van der Waals surface area (Å²) in [5, 5.41) is 8.71. The van der Waals surface area contributed by atoms with Gasteiger partial charge >= 0.3 is 12.1 Å². The average molecular weight is 345 g/mol. The Morgan fingerprint density at radius 1 is 1.44 bits per heavy atom. The van der Waals surface area contributed by atoms with Crippen LogP contribution in [0.15, 0.2) is 12.1 Å². The molecule has 0 saturated carbocycles. The van der Waals surface area contributed by atoms with Gasteiger partial charge in [-0.25, -0.2) is 4.79 Å². The summed E-state index contributed by atoms with van der Waals surface area (Å²) < 4.78 is 36.7. The first-order valence-electron chi connectivity index (χ1n) is 4.08. The molecule has 1 aromatic rings. The van der Waals surface area contributed by atoms with Gasteiger partial charge in [-0.05, 0) is 40.3 Å². The molecular weight excluding hydrogens is 338 g/mol. The Morgan fingerprint density at radius 2 is 2.00 bits per heavy atom. The Morgan fingerprint density at radius 3 is 2.44 bits per heavy atom. The van der Waals surface area contributed by atoms with Gasteiger partial charge in [0.05, 0.1) is 12.0 Å². The minimum Gasteiger partial charge on any atom is -0.478 e. The van der Waals surface area contributed by atoms with Gasteiger partial charge in [0, 0.05) is 9.26 Å². The molecule has 0 unspecified atom stereocenters. The van der Waals surface area contributed by atoms with Gasteiger partial charge in [-0.3, -0.25) is 0 Å². The molecule has 0 aliphatic heterocycles. The Labute approximate surface area is 103 Å². The van der Waals surface area contributed by atoms with Crippen LogP contribution in [-0.2, 0) is 6.42 Å². The fourth-order valence-corrected chi connectivity index (χ4v) is 1.83. The highest BCUT2D eigenvalue weighted by molar-refractivity contribution is 14.1. The van der Waals surface area contributed by atoms with Crippen molar-refractivity contribution in [2.24, 2.45) is 0 Å². The number of nitrogen functional groups attached to an aromatic ring is 1. The molecule has 16 heavy (non-hydrogen) atoms. The van der Waals surface area contributed by atoms with Crippen LogP contribution in [0.1, 0.15) is 15.9 Å². The minimum absolute atomic E-state index is 0.0180. The molecule has 0 aliphatic carbocycles. The molecule has 0 amide bonds. The third-order valence-electron chi connectivity index (χ3n) is 1.84. The number of carboxylic acids is 1. The van der Waals surface area contributed by atoms with Crippen LogP contribution in [0.2, 0.25) is 0 Å². The SMILES string of the molecule is Nc1cc(CC(F)(F)F)c(I)cc1C(=O)O. The van der Waals surface area contributed by atoms with E-state index in [0.29, 0.717) is 0 Å². The van der Waals surface area contributed by atoms with E-state index in [1.807, 2.05) is 0 Å². The van der Waals surface area contributed by atoms with Gasteiger partial charge in [0.2, 0.25) is 0 Å². The van der Waals surface area contributed by atoms with E-state index in [2.05, 4.69) is 0 Å². The number of carboxylic acid groups (broad SMARTS) is 1. The summed E-state index contributed by atoms with van der Waals surface area (Å²) in [5.74, 6) is -1.26. The number of rotatable bonds is 2. The highest BCUT2D eigenvalue weighted by atomic mass is 127. The second kappa shape index (κ2) is 4.48. The van der Waals surface area contributed by atoms with Crippen LogP contribution < -0.4 is 5.73 Å². The number of carbonyl (C=O) groups is 1. The number of anilines is 1. The first kappa shape index (κ1) is 13.1. The molecule has 7 heteroatoms. The van der Waals surface area contributed by atoms with Gasteiger partial charge in [0.15, 0.2) is 0 Å². The van der Waals surface area contributed by atoms with Crippen LogP contribution in [0.25, 0.3) is 0 Å². The molecule has 1 aromatic carbocycles. The lowest BCUT2D eigenvalue weighted by atomic mass is 10.1. The lowest BCUT2D eigenvalue weighted by Crippen LogP contribution is -2.14. The first-order chi connectivity index (χ1) is 7.20. The van der Waals surface area contributed by atoms with Crippen LogP contribution in [0.4, 0.5) is 18.9 Å². The summed E-state index contributed by atoms with van der Waals surface area (Å²) in [6.07, 6.45) is -5.45. The van der Waals surface area contributed by atoms with Crippen LogP contribution in [-0.4, -0.2) is 17.3 Å². The second-order valence-electron chi connectivity index (χ2n) is 3.13. The maximum absolute atomic E-state index is 12.2. The van der Waals surface area contributed by atoms with Gasteiger partial charge in [-0.15, -0.1) is 0 Å². The van der Waals surface area contributed by atoms with Crippen molar-refractivity contribution >= 4 is 34.2 Å². The van der Waals surface area contributed by atoms with Crippen molar-refractivity contribution in [2.75, 3.05) is 5.73 Å². The van der Waals surface area contributed by atoms with E-state index < -0.39 is 18.6 Å². The van der Waals surface area contributed by atoms with Crippen molar-refractivity contribution in [3.63, 3.8) is 0 Å². The van der Waals surface area contributed by atoms with Crippen molar-refractivity contribution in [1.29, 1.82) is 0 Å². The van der Waals surface area contributed by atoms with E-state index in [-0.39, 0.29) is 20.4 Å². The van der Waals surface area contributed by atoms with Gasteiger partial charge in [0.25, 0.3) is 0 Å². The molecule has 1 rings (SSSR count). The number of hydrogen-bond acceptors (Lipinski definition) is 2. The second-order valence-corrected chi connectivity index (χ2v) is 4.29. The predicted octanol–water partition coefficient (Wildman–Crippen LogP) is 2.68. The van der Waals surface area contributed by atoms with Crippen molar-refractivity contribution in [3.05, 3.63) is 26.8 Å². The van der Waals surface area contributed by atoms with E-state index >= 15 is 0 Å². The largest absolute Gasteiger partial charge is 0.478 e. The lowest BCUT2D eigenvalue weighted by molar-refractivity contribution is -0.127. The standard InChI is InChI=1S/C9H7F3INO2/c10-9(11,12)3-4-1-7(14)5(8(15)16)2-6(4)13/h1-2H,3,14H2,(H,15,16). The summed E-state index contributed by atoms with van der Waals surface area (Å²) in [6, 6.07) is 2.19. The molecule has 0 saturated heterocycles. The molecule has 0 spiro atoms. The Kier molecular flexibility index (Phi) is 3.66. The summed E-state index contributed by atoms with van der Waals surface area (Å²) in [5.41, 5.74) is 5.00. The number of benzene rings is 1. The molecule has 0 atom stereocenters. The third-order valence-corrected chi connectivity index (χ3v) is 2.84. The zero-order valence-electron chi connectivity index (χ0n) is 7.81. The van der Waals surface area contributed by atoms with Gasteiger partial charge in [0.1, 0.15) is 0 Å². The highest BCUT2D eigenvalue weighted by Gasteiger charge is 2.29. The first-order valence-corrected chi connectivity index (χ1v) is 5.16. The van der Waals surface area contributed by atoms with E-state index in [1.165, 1.54) is 0 Å². The minimum atomic E-state index is -4.34. The normalized spacial score (nSPS) is 11.5. The monoisotopic (exact) mass is 345 g/mol. The fourth-order valence-electron chi connectivity index (χ4n) is 1.17. The maximum atomic E-state index is 12.2. The van der Waals surface area contributed by atoms with E-state index in [0.717, 1.165) is 12.1 Å². The number of hydrogen-bond donors (Lipinski definition) is 2. The van der Waals surface area contributed by atoms with Crippen LogP contribution in [0.3, 0.4) is 0 Å². The summed E-state index contributed by atoms with van der Waals surface area (Å²) in [6.45, 7) is 0. The molecule has 0 aromatic heterocycles. The zero-order valence-corrected chi connectivity index (χ0v) is 9.96. The van der Waals surface area contributed by atoms with Crippen molar-refractivity contribution < 1.29 is 23.1 Å². The Hall–Kier alpha value is -0.990. The molecular formula is C9H7F3INO2. The molecule has 88 valence electrons. The van der Waals surface area contributed by atoms with Crippen molar-refractivity contribution in [1.82, 2.24) is 0 Å². The molecule has 0 heterocycles. The van der Waals surface area contributed by atoms with Gasteiger partial charge < -0.3 is 10.8 Å². The average Bonchev–Trinajstić information content (AvgIpc) is 2.07. The highest BCUT2D eigenvalue weighted by Crippen LogP contribution is 2.27. The quantitative estimate of drug-likeness (QED) is 0.640. The van der Waals surface area contributed by atoms with E-state index in [9.17, 15) is 18.0 Å². The molecule has 0 fully saturated rings. The fraction of sp³-hybridized carbons (Fsp3) is 0.222. The zero-order chi connectivity index (χ0) is 12.5. The maximum Gasteiger partial charge on any atom is 0.393 e. The topological polar surface area (TPSA) is 63.3 Å². The molecule has 3 nitrogen and oxygen atoms in total. The van der Waals surface area contributed by atoms with Crippen LogP contribution >= 0.6 is 22.6 Å². The third kappa shape index (κ3) is 3.26. The van der Waals surface area contributed by atoms with Crippen LogP contribution in [0, 0.1) is 3.57 Å². The lowest BCUT2D eigenvalue weighted by Gasteiger charge is -2.10. The molecule has 0 aliphatic rings. The van der Waals surface area contributed by atoms with E-state index in [1.54, 1.807) is 22.6 Å². The molecule has 0 radical (unpaired) electrons. The molecule has 0 bridgehead atoms. The number of nitrogens with two attached hydrogens (primary N) is 1. The Bertz CT molecular complexity index is 431. The molecule has 3 N–H and O–H groups in total. The van der Waals surface area contributed by atoms with Gasteiger partial charge in [-0.1, -0.05) is 0 Å². The van der Waals surface area contributed by atoms with Gasteiger partial charge in [-0.2, -0.15) is 13.2 Å².